The summed E-state index contributed by atoms with van der Waals surface area (Å²) >= 11 is 0. The van der Waals surface area contributed by atoms with Crippen LogP contribution in [0.3, 0.4) is 0 Å². The minimum Gasteiger partial charge on any atom is -0.496 e. The van der Waals surface area contributed by atoms with Crippen LogP contribution in [0.25, 0.3) is 0 Å². The van der Waals surface area contributed by atoms with Gasteiger partial charge in [-0.25, -0.2) is 8.42 Å². The van der Waals surface area contributed by atoms with Gasteiger partial charge in [-0.15, -0.1) is 0 Å². The average Bonchev–Trinajstić information content (AvgIpc) is 2.25. The van der Waals surface area contributed by atoms with Crippen LogP contribution in [-0.4, -0.2) is 31.6 Å². The van der Waals surface area contributed by atoms with E-state index >= 15 is 0 Å². The van der Waals surface area contributed by atoms with E-state index in [1.165, 1.54) is 13.8 Å². The normalized spacial score (nSPS) is 14.3. The quantitative estimate of drug-likeness (QED) is 0.921. The lowest BCUT2D eigenvalue weighted by atomic mass is 9.94. The van der Waals surface area contributed by atoms with E-state index in [1.807, 2.05) is 13.8 Å². The predicted octanol–water partition coefficient (Wildman–Crippen LogP) is 2.17. The second kappa shape index (κ2) is 5.13. The smallest absolute Gasteiger partial charge is 0.155 e. The summed E-state index contributed by atoms with van der Waals surface area (Å²) in [5.41, 5.74) is 2.34. The number of methoxy groups -OCH3 is 1. The van der Waals surface area contributed by atoms with Crippen LogP contribution >= 0.6 is 0 Å². The number of hydrogen-bond acceptors (Lipinski definition) is 4. The maximum absolute atomic E-state index is 11.8. The molecule has 0 bridgehead atoms. The van der Waals surface area contributed by atoms with Gasteiger partial charge in [0, 0.05) is 6.26 Å². The van der Waals surface area contributed by atoms with Crippen LogP contribution in [0.15, 0.2) is 12.1 Å². The molecule has 0 spiro atoms. The van der Waals surface area contributed by atoms with E-state index in [2.05, 4.69) is 0 Å². The molecule has 0 fully saturated rings. The molecule has 5 heteroatoms. The zero-order valence-corrected chi connectivity index (χ0v) is 13.1. The van der Waals surface area contributed by atoms with E-state index in [9.17, 15) is 13.5 Å². The molecule has 0 radical (unpaired) electrons. The number of aliphatic hydroxyl groups excluding tert-OH is 1. The molecule has 1 aromatic carbocycles. The fourth-order valence-electron chi connectivity index (χ4n) is 2.07. The molecule has 0 aliphatic rings. The van der Waals surface area contributed by atoms with Crippen LogP contribution in [-0.2, 0) is 9.84 Å². The first-order valence-corrected chi connectivity index (χ1v) is 7.94. The highest BCUT2D eigenvalue weighted by Gasteiger charge is 2.39. The summed E-state index contributed by atoms with van der Waals surface area (Å²) in [6.45, 7) is 6.80. The predicted molar refractivity (Wildman–Crippen MR) is 76.4 cm³/mol. The first-order chi connectivity index (χ1) is 8.52. The molecule has 0 amide bonds. The highest BCUT2D eigenvalue weighted by molar-refractivity contribution is 7.92. The van der Waals surface area contributed by atoms with Gasteiger partial charge in [0.25, 0.3) is 0 Å². The Balaban J connectivity index is 3.33. The van der Waals surface area contributed by atoms with Gasteiger partial charge in [-0.3, -0.25) is 0 Å². The van der Waals surface area contributed by atoms with E-state index in [4.69, 9.17) is 4.74 Å². The third kappa shape index (κ3) is 2.92. The lowest BCUT2D eigenvalue weighted by molar-refractivity contribution is 0.139. The van der Waals surface area contributed by atoms with Crippen molar-refractivity contribution in [2.24, 2.45) is 0 Å². The Morgan fingerprint density at radius 2 is 1.63 bits per heavy atom. The second-order valence-electron chi connectivity index (χ2n) is 5.47. The van der Waals surface area contributed by atoms with Crippen molar-refractivity contribution in [1.29, 1.82) is 0 Å². The molecule has 4 nitrogen and oxygen atoms in total. The number of hydrogen-bond donors (Lipinski definition) is 1. The molecule has 0 aliphatic carbocycles. The largest absolute Gasteiger partial charge is 0.496 e. The van der Waals surface area contributed by atoms with Gasteiger partial charge in [0.15, 0.2) is 9.84 Å². The number of benzene rings is 1. The Hall–Kier alpha value is -1.07. The van der Waals surface area contributed by atoms with Crippen molar-refractivity contribution in [2.45, 2.75) is 38.5 Å². The van der Waals surface area contributed by atoms with E-state index in [0.29, 0.717) is 5.56 Å². The first-order valence-electron chi connectivity index (χ1n) is 6.05. The molecule has 1 N–H and O–H groups in total. The summed E-state index contributed by atoms with van der Waals surface area (Å²) in [4.78, 5) is 0. The highest BCUT2D eigenvalue weighted by Crippen LogP contribution is 2.35. The number of sulfone groups is 1. The lowest BCUT2D eigenvalue weighted by Gasteiger charge is -2.29. The van der Waals surface area contributed by atoms with Crippen molar-refractivity contribution in [2.75, 3.05) is 13.4 Å². The molecule has 0 saturated heterocycles. The average molecular weight is 286 g/mol. The van der Waals surface area contributed by atoms with Gasteiger partial charge in [0.05, 0.1) is 18.0 Å². The van der Waals surface area contributed by atoms with E-state index in [-0.39, 0.29) is 0 Å². The van der Waals surface area contributed by atoms with Crippen molar-refractivity contribution in [3.63, 3.8) is 0 Å². The number of ether oxygens (including phenoxy) is 1. The Morgan fingerprint density at radius 1 is 1.21 bits per heavy atom. The van der Waals surface area contributed by atoms with Crippen molar-refractivity contribution in [3.8, 4) is 5.75 Å². The zero-order chi connectivity index (χ0) is 15.0. The van der Waals surface area contributed by atoms with Gasteiger partial charge in [-0.1, -0.05) is 0 Å². The first kappa shape index (κ1) is 16.0. The van der Waals surface area contributed by atoms with Gasteiger partial charge >= 0.3 is 0 Å². The van der Waals surface area contributed by atoms with Crippen molar-refractivity contribution < 1.29 is 18.3 Å². The summed E-state index contributed by atoms with van der Waals surface area (Å²) in [5.74, 6) is 0.758. The van der Waals surface area contributed by atoms with Crippen LogP contribution in [0.2, 0.25) is 0 Å². The van der Waals surface area contributed by atoms with Crippen molar-refractivity contribution in [3.05, 3.63) is 28.8 Å². The van der Waals surface area contributed by atoms with Gasteiger partial charge in [0.1, 0.15) is 5.75 Å². The Bertz CT molecular complexity index is 550. The fourth-order valence-corrected chi connectivity index (χ4v) is 2.61. The van der Waals surface area contributed by atoms with Crippen molar-refractivity contribution >= 4 is 9.84 Å². The van der Waals surface area contributed by atoms with Gasteiger partial charge in [-0.05, 0) is 56.5 Å². The number of aryl methyl sites for hydroxylation is 2. The van der Waals surface area contributed by atoms with Crippen LogP contribution in [0, 0.1) is 13.8 Å². The molecular weight excluding hydrogens is 264 g/mol. The van der Waals surface area contributed by atoms with Gasteiger partial charge < -0.3 is 9.84 Å². The summed E-state index contributed by atoms with van der Waals surface area (Å²) in [5, 5.41) is 10.4. The van der Waals surface area contributed by atoms with Crippen LogP contribution < -0.4 is 4.74 Å². The molecule has 108 valence electrons. The molecule has 0 saturated carbocycles. The van der Waals surface area contributed by atoms with Crippen LogP contribution in [0.4, 0.5) is 0 Å². The summed E-state index contributed by atoms with van der Waals surface area (Å²) < 4.78 is 27.6. The van der Waals surface area contributed by atoms with Gasteiger partial charge in [-0.2, -0.15) is 0 Å². The minimum atomic E-state index is -3.37. The van der Waals surface area contributed by atoms with E-state index < -0.39 is 20.7 Å². The van der Waals surface area contributed by atoms with E-state index in [1.54, 1.807) is 19.2 Å². The van der Waals surface area contributed by atoms with Crippen molar-refractivity contribution in [1.82, 2.24) is 0 Å². The summed E-state index contributed by atoms with van der Waals surface area (Å²) in [6.07, 6.45) is 0.0604. The molecular formula is C14H22O4S. The number of rotatable bonds is 4. The topological polar surface area (TPSA) is 63.6 Å². The molecule has 1 atom stereocenters. The maximum atomic E-state index is 11.8. The molecule has 1 unspecified atom stereocenters. The van der Waals surface area contributed by atoms with Crippen LogP contribution in [0.1, 0.15) is 36.6 Å². The van der Waals surface area contributed by atoms with Gasteiger partial charge in [0.2, 0.25) is 0 Å². The molecule has 19 heavy (non-hydrogen) atoms. The maximum Gasteiger partial charge on any atom is 0.155 e. The Labute approximate surface area is 115 Å². The summed E-state index contributed by atoms with van der Waals surface area (Å²) in [7, 11) is -1.78. The lowest BCUT2D eigenvalue weighted by Crippen LogP contribution is -2.37. The fraction of sp³-hybridized carbons (Fsp3) is 0.571. The SMILES string of the molecule is COc1c(C)cc(C(O)C(C)(C)S(C)(=O)=O)cc1C. The zero-order valence-electron chi connectivity index (χ0n) is 12.3. The molecule has 1 aromatic rings. The second-order valence-corrected chi connectivity index (χ2v) is 8.06. The minimum absolute atomic E-state index is 0.589. The molecule has 1 rings (SSSR count). The summed E-state index contributed by atoms with van der Waals surface area (Å²) in [6, 6.07) is 3.53. The Morgan fingerprint density at radius 3 is 1.95 bits per heavy atom. The van der Waals surface area contributed by atoms with Crippen LogP contribution in [0.5, 0.6) is 5.75 Å². The number of aliphatic hydroxyl groups is 1. The standard InChI is InChI=1S/C14H22O4S/c1-9-7-11(8-10(2)12(9)18-5)13(15)14(3,4)19(6,16)17/h7-8,13,15H,1-6H3. The molecule has 0 aliphatic heterocycles. The third-order valence-electron chi connectivity index (χ3n) is 3.62. The third-order valence-corrected chi connectivity index (χ3v) is 5.75. The molecule has 0 aromatic heterocycles. The van der Waals surface area contributed by atoms with E-state index in [0.717, 1.165) is 23.1 Å². The molecule has 0 heterocycles. The monoisotopic (exact) mass is 286 g/mol. The Kier molecular flexibility index (Phi) is 4.32. The highest BCUT2D eigenvalue weighted by atomic mass is 32.2.